The number of nitrogens with one attached hydrogen (secondary N) is 1. The Morgan fingerprint density at radius 2 is 1.76 bits per heavy atom. The van der Waals surface area contributed by atoms with Crippen LogP contribution in [0.25, 0.3) is 0 Å². The summed E-state index contributed by atoms with van der Waals surface area (Å²) < 4.78 is 0. The molecule has 3 nitrogen and oxygen atoms in total. The van der Waals surface area contributed by atoms with E-state index in [9.17, 15) is 10.2 Å². The van der Waals surface area contributed by atoms with Crippen LogP contribution in [0.3, 0.4) is 0 Å². The second kappa shape index (κ2) is 6.03. The lowest BCUT2D eigenvalue weighted by Crippen LogP contribution is -2.34. The van der Waals surface area contributed by atoms with Crippen molar-refractivity contribution >= 4 is 5.69 Å². The van der Waals surface area contributed by atoms with Crippen LogP contribution in [0.5, 0.6) is 0 Å². The van der Waals surface area contributed by atoms with Crippen molar-refractivity contribution in [2.45, 2.75) is 26.7 Å². The SMILES string of the molecule is CC(C)c1ccccc1NCC(C)(CO)CO. The van der Waals surface area contributed by atoms with Gasteiger partial charge in [-0.1, -0.05) is 39.0 Å². The van der Waals surface area contributed by atoms with Crippen LogP contribution in [0.2, 0.25) is 0 Å². The second-order valence-corrected chi connectivity index (χ2v) is 5.22. The maximum Gasteiger partial charge on any atom is 0.0523 e. The van der Waals surface area contributed by atoms with E-state index in [-0.39, 0.29) is 13.2 Å². The zero-order valence-corrected chi connectivity index (χ0v) is 10.9. The predicted octanol–water partition coefficient (Wildman–Crippen LogP) is 2.21. The number of hydrogen-bond acceptors (Lipinski definition) is 3. The summed E-state index contributed by atoms with van der Waals surface area (Å²) in [4.78, 5) is 0. The van der Waals surface area contributed by atoms with E-state index in [0.29, 0.717) is 12.5 Å². The van der Waals surface area contributed by atoms with Crippen molar-refractivity contribution < 1.29 is 10.2 Å². The standard InChI is InChI=1S/C14H23NO2/c1-11(2)12-6-4-5-7-13(12)15-8-14(3,9-16)10-17/h4-7,11,15-17H,8-10H2,1-3H3. The number of benzene rings is 1. The van der Waals surface area contributed by atoms with E-state index in [4.69, 9.17) is 0 Å². The van der Waals surface area contributed by atoms with Gasteiger partial charge in [-0.25, -0.2) is 0 Å². The molecule has 0 heterocycles. The van der Waals surface area contributed by atoms with E-state index >= 15 is 0 Å². The van der Waals surface area contributed by atoms with Crippen LogP contribution in [0.4, 0.5) is 5.69 Å². The third-order valence-corrected chi connectivity index (χ3v) is 3.05. The number of anilines is 1. The Kier molecular flexibility index (Phi) is 4.97. The minimum atomic E-state index is -0.482. The van der Waals surface area contributed by atoms with Crippen LogP contribution in [0, 0.1) is 5.41 Å². The molecule has 3 heteroatoms. The van der Waals surface area contributed by atoms with Gasteiger partial charge < -0.3 is 15.5 Å². The van der Waals surface area contributed by atoms with Gasteiger partial charge in [-0.3, -0.25) is 0 Å². The van der Waals surface area contributed by atoms with Gasteiger partial charge in [-0.15, -0.1) is 0 Å². The van der Waals surface area contributed by atoms with Gasteiger partial charge in [0.25, 0.3) is 0 Å². The lowest BCUT2D eigenvalue weighted by atomic mass is 9.92. The first-order chi connectivity index (χ1) is 8.02. The maximum atomic E-state index is 9.24. The molecule has 0 bridgehead atoms. The molecule has 17 heavy (non-hydrogen) atoms. The second-order valence-electron chi connectivity index (χ2n) is 5.22. The molecule has 0 saturated heterocycles. The molecule has 1 aromatic carbocycles. The Balaban J connectivity index is 2.75. The first kappa shape index (κ1) is 14.0. The van der Waals surface area contributed by atoms with Gasteiger partial charge in [-0.05, 0) is 17.5 Å². The van der Waals surface area contributed by atoms with Gasteiger partial charge in [0, 0.05) is 17.6 Å². The number of para-hydroxylation sites is 1. The van der Waals surface area contributed by atoms with Crippen LogP contribution in [-0.4, -0.2) is 30.0 Å². The van der Waals surface area contributed by atoms with Crippen LogP contribution in [0.15, 0.2) is 24.3 Å². The lowest BCUT2D eigenvalue weighted by Gasteiger charge is -2.26. The van der Waals surface area contributed by atoms with E-state index < -0.39 is 5.41 Å². The highest BCUT2D eigenvalue weighted by atomic mass is 16.3. The van der Waals surface area contributed by atoms with E-state index in [1.807, 2.05) is 25.1 Å². The Hall–Kier alpha value is -1.06. The summed E-state index contributed by atoms with van der Waals surface area (Å²) in [6.07, 6.45) is 0. The average molecular weight is 237 g/mol. The van der Waals surface area contributed by atoms with Crippen molar-refractivity contribution in [3.05, 3.63) is 29.8 Å². The molecular weight excluding hydrogens is 214 g/mol. The van der Waals surface area contributed by atoms with Crippen molar-refractivity contribution in [3.8, 4) is 0 Å². The molecule has 0 saturated carbocycles. The number of aliphatic hydroxyl groups excluding tert-OH is 2. The van der Waals surface area contributed by atoms with Gasteiger partial charge in [-0.2, -0.15) is 0 Å². The average Bonchev–Trinajstić information content (AvgIpc) is 2.36. The number of hydrogen-bond donors (Lipinski definition) is 3. The van der Waals surface area contributed by atoms with Crippen molar-refractivity contribution in [2.75, 3.05) is 25.1 Å². The summed E-state index contributed by atoms with van der Waals surface area (Å²) in [5.41, 5.74) is 1.85. The fraction of sp³-hybridized carbons (Fsp3) is 0.571. The zero-order valence-electron chi connectivity index (χ0n) is 10.9. The third-order valence-electron chi connectivity index (χ3n) is 3.05. The summed E-state index contributed by atoms with van der Waals surface area (Å²) in [6, 6.07) is 8.15. The first-order valence-corrected chi connectivity index (χ1v) is 6.07. The fourth-order valence-corrected chi connectivity index (χ4v) is 1.63. The molecule has 0 fully saturated rings. The zero-order chi connectivity index (χ0) is 12.9. The van der Waals surface area contributed by atoms with E-state index in [0.717, 1.165) is 5.69 Å². The molecule has 3 N–H and O–H groups in total. The van der Waals surface area contributed by atoms with Gasteiger partial charge in [0.1, 0.15) is 0 Å². The normalized spacial score (nSPS) is 11.9. The molecule has 1 rings (SSSR count). The molecule has 96 valence electrons. The van der Waals surface area contributed by atoms with Crippen LogP contribution >= 0.6 is 0 Å². The quantitative estimate of drug-likeness (QED) is 0.711. The Labute approximate surface area is 103 Å². The minimum Gasteiger partial charge on any atom is -0.396 e. The molecule has 0 aliphatic heterocycles. The predicted molar refractivity (Wildman–Crippen MR) is 71.3 cm³/mol. The van der Waals surface area contributed by atoms with E-state index in [2.05, 4.69) is 25.2 Å². The van der Waals surface area contributed by atoms with Gasteiger partial charge >= 0.3 is 0 Å². The van der Waals surface area contributed by atoms with Crippen LogP contribution in [-0.2, 0) is 0 Å². The van der Waals surface area contributed by atoms with Gasteiger partial charge in [0.15, 0.2) is 0 Å². The van der Waals surface area contributed by atoms with Crippen molar-refractivity contribution in [1.82, 2.24) is 0 Å². The highest BCUT2D eigenvalue weighted by Gasteiger charge is 2.22. The Morgan fingerprint density at radius 1 is 1.18 bits per heavy atom. The molecule has 0 aliphatic rings. The molecular formula is C14H23NO2. The lowest BCUT2D eigenvalue weighted by molar-refractivity contribution is 0.0806. The molecule has 0 aliphatic carbocycles. The smallest absolute Gasteiger partial charge is 0.0523 e. The van der Waals surface area contributed by atoms with E-state index in [1.54, 1.807) is 0 Å². The molecule has 0 unspecified atom stereocenters. The summed E-state index contributed by atoms with van der Waals surface area (Å²) in [6.45, 7) is 6.66. The monoisotopic (exact) mass is 237 g/mol. The van der Waals surface area contributed by atoms with E-state index in [1.165, 1.54) is 5.56 Å². The third kappa shape index (κ3) is 3.72. The fourth-order valence-electron chi connectivity index (χ4n) is 1.63. The summed E-state index contributed by atoms with van der Waals surface area (Å²) in [5.74, 6) is 0.452. The summed E-state index contributed by atoms with van der Waals surface area (Å²) >= 11 is 0. The van der Waals surface area contributed by atoms with Crippen LogP contribution < -0.4 is 5.32 Å². The maximum absolute atomic E-state index is 9.24. The van der Waals surface area contributed by atoms with Crippen molar-refractivity contribution in [2.24, 2.45) is 5.41 Å². The highest BCUT2D eigenvalue weighted by Crippen LogP contribution is 2.25. The number of aliphatic hydroxyl groups is 2. The van der Waals surface area contributed by atoms with Gasteiger partial charge in [0.2, 0.25) is 0 Å². The van der Waals surface area contributed by atoms with Gasteiger partial charge in [0.05, 0.1) is 13.2 Å². The summed E-state index contributed by atoms with van der Waals surface area (Å²) in [7, 11) is 0. The first-order valence-electron chi connectivity index (χ1n) is 6.07. The van der Waals surface area contributed by atoms with Crippen LogP contribution in [0.1, 0.15) is 32.3 Å². The Bertz CT molecular complexity index is 346. The van der Waals surface area contributed by atoms with Crippen molar-refractivity contribution in [3.63, 3.8) is 0 Å². The largest absolute Gasteiger partial charge is 0.396 e. The molecule has 0 radical (unpaired) electrons. The number of rotatable bonds is 6. The topological polar surface area (TPSA) is 52.5 Å². The molecule has 0 amide bonds. The molecule has 0 aromatic heterocycles. The Morgan fingerprint density at radius 3 is 2.29 bits per heavy atom. The van der Waals surface area contributed by atoms with Crippen molar-refractivity contribution in [1.29, 1.82) is 0 Å². The molecule has 0 spiro atoms. The molecule has 1 aromatic rings. The minimum absolute atomic E-state index is 0.0274. The summed E-state index contributed by atoms with van der Waals surface area (Å²) in [5, 5.41) is 21.8. The molecule has 0 atom stereocenters. The highest BCUT2D eigenvalue weighted by molar-refractivity contribution is 5.52.